The molecule has 24 heavy (non-hydrogen) atoms. The first-order valence-electron chi connectivity index (χ1n) is 8.09. The van der Waals surface area contributed by atoms with Crippen LogP contribution < -0.4 is 11.0 Å². The number of benzene rings is 1. The van der Waals surface area contributed by atoms with Crippen LogP contribution in [0.25, 0.3) is 11.0 Å². The zero-order chi connectivity index (χ0) is 16.5. The van der Waals surface area contributed by atoms with Gasteiger partial charge in [0.1, 0.15) is 17.7 Å². The van der Waals surface area contributed by atoms with Gasteiger partial charge >= 0.3 is 5.69 Å². The Kier molecular flexibility index (Phi) is 3.64. The zero-order valence-electron chi connectivity index (χ0n) is 13.1. The number of carbonyl (C=O) groups excluding carboxylic acids is 1. The van der Waals surface area contributed by atoms with Gasteiger partial charge in [0, 0.05) is 6.42 Å². The van der Waals surface area contributed by atoms with Gasteiger partial charge in [-0.15, -0.1) is 0 Å². The van der Waals surface area contributed by atoms with E-state index in [1.54, 1.807) is 0 Å². The molecule has 0 radical (unpaired) electrons. The van der Waals surface area contributed by atoms with Gasteiger partial charge in [-0.25, -0.2) is 14.9 Å². The van der Waals surface area contributed by atoms with E-state index in [0.29, 0.717) is 31.0 Å². The Hall–Kier alpha value is -2.90. The molecular weight excluding hydrogens is 308 g/mol. The maximum absolute atomic E-state index is 12.6. The van der Waals surface area contributed by atoms with E-state index < -0.39 is 6.04 Å². The third-order valence-electron chi connectivity index (χ3n) is 4.39. The van der Waals surface area contributed by atoms with E-state index in [1.807, 2.05) is 24.3 Å². The topological polar surface area (TPSA) is 108 Å². The minimum absolute atomic E-state index is 0.179. The summed E-state index contributed by atoms with van der Waals surface area (Å²) >= 11 is 0. The fraction of sp³-hybridized carbons (Fsp3) is 0.375. The second kappa shape index (κ2) is 5.95. The average molecular weight is 326 g/mol. The van der Waals surface area contributed by atoms with E-state index in [2.05, 4.69) is 25.5 Å². The molecule has 2 aromatic heterocycles. The lowest BCUT2D eigenvalue weighted by atomic mass is 10.1. The largest absolute Gasteiger partial charge is 0.347 e. The molecule has 124 valence electrons. The van der Waals surface area contributed by atoms with Crippen molar-refractivity contribution in [2.24, 2.45) is 0 Å². The molecule has 8 heteroatoms. The van der Waals surface area contributed by atoms with Gasteiger partial charge in [-0.2, -0.15) is 5.10 Å². The first kappa shape index (κ1) is 14.7. The highest BCUT2D eigenvalue weighted by molar-refractivity contribution is 5.80. The molecule has 1 atom stereocenters. The number of rotatable bonds is 3. The van der Waals surface area contributed by atoms with Crippen LogP contribution in [-0.4, -0.2) is 30.6 Å². The van der Waals surface area contributed by atoms with Crippen LogP contribution in [0.5, 0.6) is 0 Å². The van der Waals surface area contributed by atoms with Crippen LogP contribution in [0, 0.1) is 0 Å². The highest BCUT2D eigenvalue weighted by Crippen LogP contribution is 2.21. The summed E-state index contributed by atoms with van der Waals surface area (Å²) in [5.41, 5.74) is 1.48. The predicted octanol–water partition coefficient (Wildman–Crippen LogP) is 1.03. The summed E-state index contributed by atoms with van der Waals surface area (Å²) in [5.74, 6) is 1.17. The Labute approximate surface area is 137 Å². The van der Waals surface area contributed by atoms with Crippen LogP contribution in [0.15, 0.2) is 29.1 Å². The fourth-order valence-corrected chi connectivity index (χ4v) is 3.21. The number of para-hydroxylation sites is 2. The minimum atomic E-state index is -0.516. The van der Waals surface area contributed by atoms with Gasteiger partial charge in [0.15, 0.2) is 0 Å². The second-order valence-electron chi connectivity index (χ2n) is 6.00. The van der Waals surface area contributed by atoms with E-state index in [0.717, 1.165) is 23.9 Å². The summed E-state index contributed by atoms with van der Waals surface area (Å²) in [4.78, 5) is 32.2. The van der Waals surface area contributed by atoms with Crippen molar-refractivity contribution in [3.05, 3.63) is 46.4 Å². The Morgan fingerprint density at radius 2 is 2.21 bits per heavy atom. The van der Waals surface area contributed by atoms with Gasteiger partial charge in [-0.1, -0.05) is 18.6 Å². The Morgan fingerprint density at radius 1 is 1.33 bits per heavy atom. The van der Waals surface area contributed by atoms with E-state index in [9.17, 15) is 9.59 Å². The second-order valence-corrected chi connectivity index (χ2v) is 6.00. The summed E-state index contributed by atoms with van der Waals surface area (Å²) in [7, 11) is 0. The Balaban J connectivity index is 1.51. The van der Waals surface area contributed by atoms with Gasteiger partial charge in [-0.05, 0) is 25.0 Å². The molecule has 0 spiro atoms. The van der Waals surface area contributed by atoms with Crippen molar-refractivity contribution in [3.63, 3.8) is 0 Å². The molecule has 0 fully saturated rings. The number of aromatic nitrogens is 5. The van der Waals surface area contributed by atoms with Crippen molar-refractivity contribution in [3.8, 4) is 0 Å². The molecule has 1 aliphatic heterocycles. The third-order valence-corrected chi connectivity index (χ3v) is 4.39. The lowest BCUT2D eigenvalue weighted by Gasteiger charge is -2.16. The van der Waals surface area contributed by atoms with Crippen LogP contribution >= 0.6 is 0 Å². The van der Waals surface area contributed by atoms with Crippen LogP contribution in [0.4, 0.5) is 0 Å². The SMILES string of the molecule is O=C(NCc1nc2ccccc2[nH]1)C1CCCCc2n[nH]c(=O)n21. The Morgan fingerprint density at radius 3 is 3.08 bits per heavy atom. The monoisotopic (exact) mass is 326 g/mol. The molecule has 3 aromatic rings. The number of nitrogens with one attached hydrogen (secondary N) is 3. The van der Waals surface area contributed by atoms with Crippen LogP contribution in [0.2, 0.25) is 0 Å². The van der Waals surface area contributed by atoms with Gasteiger partial charge < -0.3 is 10.3 Å². The predicted molar refractivity (Wildman–Crippen MR) is 87.4 cm³/mol. The fourth-order valence-electron chi connectivity index (χ4n) is 3.21. The zero-order valence-corrected chi connectivity index (χ0v) is 13.1. The average Bonchev–Trinajstić information content (AvgIpc) is 3.09. The van der Waals surface area contributed by atoms with Crippen molar-refractivity contribution in [2.45, 2.75) is 38.3 Å². The molecule has 4 rings (SSSR count). The molecule has 3 heterocycles. The Bertz CT molecular complexity index is 904. The highest BCUT2D eigenvalue weighted by Gasteiger charge is 2.27. The van der Waals surface area contributed by atoms with E-state index in [4.69, 9.17) is 0 Å². The summed E-state index contributed by atoms with van der Waals surface area (Å²) in [6.07, 6.45) is 3.17. The van der Waals surface area contributed by atoms with E-state index in [-0.39, 0.29) is 11.6 Å². The van der Waals surface area contributed by atoms with Gasteiger partial charge in [0.05, 0.1) is 17.6 Å². The maximum Gasteiger partial charge on any atom is 0.344 e. The molecule has 1 amide bonds. The van der Waals surface area contributed by atoms with Crippen molar-refractivity contribution < 1.29 is 4.79 Å². The van der Waals surface area contributed by atoms with Crippen molar-refractivity contribution in [2.75, 3.05) is 0 Å². The normalized spacial score (nSPS) is 17.4. The number of hydrogen-bond acceptors (Lipinski definition) is 4. The number of aromatic amines is 2. The van der Waals surface area contributed by atoms with Crippen molar-refractivity contribution in [1.82, 2.24) is 30.0 Å². The van der Waals surface area contributed by atoms with Gasteiger partial charge in [-0.3, -0.25) is 9.36 Å². The summed E-state index contributed by atoms with van der Waals surface area (Å²) in [5, 5.41) is 9.35. The molecule has 1 aromatic carbocycles. The number of H-pyrrole nitrogens is 2. The number of carbonyl (C=O) groups is 1. The third kappa shape index (κ3) is 2.60. The standard InChI is InChI=1S/C16H18N6O2/c23-15(12-7-3-4-8-14-20-21-16(24)22(12)14)17-9-13-18-10-5-1-2-6-11(10)19-13/h1-2,5-6,12H,3-4,7-9H2,(H,17,23)(H,18,19)(H,21,24). The van der Waals surface area contributed by atoms with Crippen molar-refractivity contribution in [1.29, 1.82) is 0 Å². The number of fused-ring (bicyclic) bond motifs is 2. The molecule has 0 saturated carbocycles. The molecule has 3 N–H and O–H groups in total. The van der Waals surface area contributed by atoms with Crippen LogP contribution in [0.3, 0.4) is 0 Å². The maximum atomic E-state index is 12.6. The molecule has 1 unspecified atom stereocenters. The number of amides is 1. The first-order chi connectivity index (χ1) is 11.7. The van der Waals surface area contributed by atoms with Crippen LogP contribution in [-0.2, 0) is 17.8 Å². The number of imidazole rings is 1. The quantitative estimate of drug-likeness (QED) is 0.668. The van der Waals surface area contributed by atoms with Gasteiger partial charge in [0.25, 0.3) is 0 Å². The molecule has 0 saturated heterocycles. The first-order valence-corrected chi connectivity index (χ1v) is 8.09. The lowest BCUT2D eigenvalue weighted by molar-refractivity contribution is -0.124. The summed E-state index contributed by atoms with van der Waals surface area (Å²) < 4.78 is 1.49. The van der Waals surface area contributed by atoms with Crippen LogP contribution in [0.1, 0.15) is 37.0 Å². The number of nitrogens with zero attached hydrogens (tertiary/aromatic N) is 3. The van der Waals surface area contributed by atoms with E-state index >= 15 is 0 Å². The summed E-state index contributed by atoms with van der Waals surface area (Å²) in [6.45, 7) is 0.298. The molecule has 0 aliphatic carbocycles. The number of hydrogen-bond donors (Lipinski definition) is 3. The van der Waals surface area contributed by atoms with E-state index in [1.165, 1.54) is 4.57 Å². The molecule has 1 aliphatic rings. The summed E-state index contributed by atoms with van der Waals surface area (Å²) in [6, 6.07) is 7.19. The highest BCUT2D eigenvalue weighted by atomic mass is 16.2. The molecule has 0 bridgehead atoms. The molecular formula is C16H18N6O2. The lowest BCUT2D eigenvalue weighted by Crippen LogP contribution is -2.36. The van der Waals surface area contributed by atoms with Crippen molar-refractivity contribution >= 4 is 16.9 Å². The smallest absolute Gasteiger partial charge is 0.344 e. The molecule has 8 nitrogen and oxygen atoms in total. The van der Waals surface area contributed by atoms with Gasteiger partial charge in [0.2, 0.25) is 5.91 Å². The minimum Gasteiger partial charge on any atom is -0.347 e. The number of aryl methyl sites for hydroxylation is 1.